The zero-order valence-corrected chi connectivity index (χ0v) is 11.2. The minimum absolute atomic E-state index is 0. The summed E-state index contributed by atoms with van der Waals surface area (Å²) in [6.45, 7) is 0. The van der Waals surface area contributed by atoms with E-state index in [1.54, 1.807) is 12.1 Å². The lowest BCUT2D eigenvalue weighted by molar-refractivity contribution is 0.443. The maximum Gasteiger partial charge on any atom is 0.125 e. The predicted molar refractivity (Wildman–Crippen MR) is 80.1 cm³/mol. The Labute approximate surface area is 114 Å². The molecule has 0 radical (unpaired) electrons. The van der Waals surface area contributed by atoms with Gasteiger partial charge in [0.1, 0.15) is 5.84 Å². The molecule has 1 fully saturated rings. The van der Waals surface area contributed by atoms with E-state index in [-0.39, 0.29) is 12.4 Å². The van der Waals surface area contributed by atoms with Crippen LogP contribution in [0.4, 0.5) is 11.4 Å². The van der Waals surface area contributed by atoms with Gasteiger partial charge >= 0.3 is 0 Å². The fourth-order valence-corrected chi connectivity index (χ4v) is 2.22. The summed E-state index contributed by atoms with van der Waals surface area (Å²) in [5.41, 5.74) is 19.4. The van der Waals surface area contributed by atoms with Gasteiger partial charge in [0, 0.05) is 5.56 Å². The minimum Gasteiger partial charge on any atom is -0.397 e. The summed E-state index contributed by atoms with van der Waals surface area (Å²) in [6, 6.07) is 5.81. The molecule has 1 aliphatic carbocycles. The minimum atomic E-state index is 0. The van der Waals surface area contributed by atoms with Crippen molar-refractivity contribution in [2.75, 3.05) is 11.5 Å². The van der Waals surface area contributed by atoms with Crippen LogP contribution >= 0.6 is 12.4 Å². The van der Waals surface area contributed by atoms with Crippen molar-refractivity contribution < 1.29 is 0 Å². The molecule has 0 bridgehead atoms. The fraction of sp³-hybridized carbons (Fsp3) is 0.462. The Morgan fingerprint density at radius 3 is 2.33 bits per heavy atom. The van der Waals surface area contributed by atoms with E-state index < -0.39 is 0 Å². The molecule has 6 N–H and O–H groups in total. The van der Waals surface area contributed by atoms with Crippen molar-refractivity contribution in [1.82, 2.24) is 0 Å². The Morgan fingerprint density at radius 1 is 1.06 bits per heavy atom. The number of benzene rings is 1. The van der Waals surface area contributed by atoms with Gasteiger partial charge in [-0.05, 0) is 31.0 Å². The van der Waals surface area contributed by atoms with Gasteiger partial charge in [-0.15, -0.1) is 12.4 Å². The van der Waals surface area contributed by atoms with Crippen molar-refractivity contribution in [3.05, 3.63) is 23.8 Å². The van der Waals surface area contributed by atoms with E-state index in [2.05, 4.69) is 4.99 Å². The molecule has 5 heteroatoms. The molecule has 0 unspecified atom stereocenters. The van der Waals surface area contributed by atoms with Gasteiger partial charge in [-0.1, -0.05) is 19.3 Å². The van der Waals surface area contributed by atoms with E-state index in [9.17, 15) is 0 Å². The van der Waals surface area contributed by atoms with E-state index in [0.29, 0.717) is 23.3 Å². The highest BCUT2D eigenvalue weighted by Crippen LogP contribution is 2.21. The van der Waals surface area contributed by atoms with Crippen molar-refractivity contribution >= 4 is 29.6 Å². The summed E-state index contributed by atoms with van der Waals surface area (Å²) in [7, 11) is 0. The summed E-state index contributed by atoms with van der Waals surface area (Å²) in [6.07, 6.45) is 6.12. The van der Waals surface area contributed by atoms with E-state index in [1.807, 2.05) is 6.07 Å². The third-order valence-electron chi connectivity index (χ3n) is 3.28. The van der Waals surface area contributed by atoms with Crippen LogP contribution < -0.4 is 17.2 Å². The molecule has 0 aromatic heterocycles. The number of nitrogens with two attached hydrogens (primary N) is 3. The van der Waals surface area contributed by atoms with Gasteiger partial charge in [0.15, 0.2) is 0 Å². The molecule has 0 heterocycles. The second-order valence-electron chi connectivity index (χ2n) is 4.65. The third-order valence-corrected chi connectivity index (χ3v) is 3.28. The lowest BCUT2D eigenvalue weighted by atomic mass is 9.96. The molecule has 0 aliphatic heterocycles. The van der Waals surface area contributed by atoms with E-state index in [1.165, 1.54) is 19.3 Å². The topological polar surface area (TPSA) is 90.4 Å². The number of amidine groups is 1. The van der Waals surface area contributed by atoms with Crippen molar-refractivity contribution in [3.63, 3.8) is 0 Å². The summed E-state index contributed by atoms with van der Waals surface area (Å²) < 4.78 is 0. The maximum atomic E-state index is 6.00. The number of aliphatic imine (C=N–C) groups is 1. The van der Waals surface area contributed by atoms with E-state index in [4.69, 9.17) is 17.2 Å². The average Bonchev–Trinajstić information content (AvgIpc) is 2.34. The van der Waals surface area contributed by atoms with Gasteiger partial charge in [0.05, 0.1) is 17.4 Å². The standard InChI is InChI=1S/C13H20N4.ClH/c14-11-7-6-9(8-12(11)15)13(16)17-10-4-2-1-3-5-10;/h6-8,10H,1-5,14-15H2,(H2,16,17);1H. The first kappa shape index (κ1) is 14.6. The number of hydrogen-bond donors (Lipinski definition) is 3. The van der Waals surface area contributed by atoms with Gasteiger partial charge < -0.3 is 17.2 Å². The van der Waals surface area contributed by atoms with Gasteiger partial charge in [0.25, 0.3) is 0 Å². The summed E-state index contributed by atoms with van der Waals surface area (Å²) in [5.74, 6) is 0.573. The second-order valence-corrected chi connectivity index (χ2v) is 4.65. The highest BCUT2D eigenvalue weighted by Gasteiger charge is 2.13. The number of nitrogen functional groups attached to an aromatic ring is 2. The molecular weight excluding hydrogens is 248 g/mol. The smallest absolute Gasteiger partial charge is 0.125 e. The van der Waals surface area contributed by atoms with Crippen molar-refractivity contribution in [1.29, 1.82) is 0 Å². The molecule has 2 rings (SSSR count). The van der Waals surface area contributed by atoms with Crippen molar-refractivity contribution in [3.8, 4) is 0 Å². The van der Waals surface area contributed by atoms with Crippen LogP contribution in [0.3, 0.4) is 0 Å². The number of anilines is 2. The Hall–Kier alpha value is -1.42. The second kappa shape index (κ2) is 6.50. The first-order chi connectivity index (χ1) is 8.16. The lowest BCUT2D eigenvalue weighted by Gasteiger charge is -2.18. The van der Waals surface area contributed by atoms with Crippen LogP contribution in [0.2, 0.25) is 0 Å². The highest BCUT2D eigenvalue weighted by molar-refractivity contribution is 5.99. The normalized spacial score (nSPS) is 17.2. The zero-order chi connectivity index (χ0) is 12.3. The van der Waals surface area contributed by atoms with Crippen LogP contribution in [0.1, 0.15) is 37.7 Å². The first-order valence-corrected chi connectivity index (χ1v) is 6.15. The van der Waals surface area contributed by atoms with Gasteiger partial charge in [0.2, 0.25) is 0 Å². The van der Waals surface area contributed by atoms with Crippen molar-refractivity contribution in [2.24, 2.45) is 10.7 Å². The predicted octanol–water partition coefficient (Wildman–Crippen LogP) is 2.31. The lowest BCUT2D eigenvalue weighted by Crippen LogP contribution is -2.20. The summed E-state index contributed by atoms with van der Waals surface area (Å²) in [5, 5.41) is 0. The average molecular weight is 269 g/mol. The number of halogens is 1. The molecule has 0 amide bonds. The van der Waals surface area contributed by atoms with Gasteiger partial charge in [-0.2, -0.15) is 0 Å². The Morgan fingerprint density at radius 2 is 1.72 bits per heavy atom. The van der Waals surface area contributed by atoms with Crippen LogP contribution in [0.25, 0.3) is 0 Å². The van der Waals surface area contributed by atoms with Crippen molar-refractivity contribution in [2.45, 2.75) is 38.1 Å². The molecule has 1 aliphatic rings. The molecule has 1 aromatic carbocycles. The Kier molecular flexibility index (Phi) is 5.28. The number of nitrogens with zero attached hydrogens (tertiary/aromatic N) is 1. The van der Waals surface area contributed by atoms with Crippen LogP contribution in [-0.4, -0.2) is 11.9 Å². The Bertz CT molecular complexity index is 425. The summed E-state index contributed by atoms with van der Waals surface area (Å²) in [4.78, 5) is 4.58. The first-order valence-electron chi connectivity index (χ1n) is 6.15. The van der Waals surface area contributed by atoms with Crippen LogP contribution in [0, 0.1) is 0 Å². The SMILES string of the molecule is Cl.NC(=NC1CCCCC1)c1ccc(N)c(N)c1. The monoisotopic (exact) mass is 268 g/mol. The van der Waals surface area contributed by atoms with Crippen LogP contribution in [0.5, 0.6) is 0 Å². The molecule has 0 saturated heterocycles. The molecule has 1 aromatic rings. The number of hydrogen-bond acceptors (Lipinski definition) is 3. The molecule has 0 atom stereocenters. The number of rotatable bonds is 2. The molecular formula is C13H21ClN4. The molecule has 100 valence electrons. The quantitative estimate of drug-likeness (QED) is 0.437. The third kappa shape index (κ3) is 3.53. The maximum absolute atomic E-state index is 6.00. The molecule has 1 saturated carbocycles. The molecule has 0 spiro atoms. The molecule has 4 nitrogen and oxygen atoms in total. The Balaban J connectivity index is 0.00000162. The van der Waals surface area contributed by atoms with Gasteiger partial charge in [-0.25, -0.2) is 0 Å². The highest BCUT2D eigenvalue weighted by atomic mass is 35.5. The van der Waals surface area contributed by atoms with Crippen LogP contribution in [0.15, 0.2) is 23.2 Å². The van der Waals surface area contributed by atoms with E-state index in [0.717, 1.165) is 18.4 Å². The fourth-order valence-electron chi connectivity index (χ4n) is 2.22. The zero-order valence-electron chi connectivity index (χ0n) is 10.4. The van der Waals surface area contributed by atoms with Crippen LogP contribution in [-0.2, 0) is 0 Å². The van der Waals surface area contributed by atoms with E-state index >= 15 is 0 Å². The largest absolute Gasteiger partial charge is 0.397 e. The van der Waals surface area contributed by atoms with Gasteiger partial charge in [-0.3, -0.25) is 4.99 Å². The summed E-state index contributed by atoms with van der Waals surface area (Å²) >= 11 is 0. The molecule has 18 heavy (non-hydrogen) atoms.